The lowest BCUT2D eigenvalue weighted by atomic mass is 10.2. The van der Waals surface area contributed by atoms with E-state index in [0.717, 1.165) is 22.7 Å². The van der Waals surface area contributed by atoms with Gasteiger partial charge in [0.05, 0.1) is 11.6 Å². The van der Waals surface area contributed by atoms with Crippen LogP contribution in [0, 0.1) is 0 Å². The molecule has 3 nitrogen and oxygen atoms in total. The second kappa shape index (κ2) is 5.33. The zero-order chi connectivity index (χ0) is 13.1. The van der Waals surface area contributed by atoms with E-state index in [9.17, 15) is 0 Å². The van der Waals surface area contributed by atoms with Crippen LogP contribution in [-0.2, 0) is 12.5 Å². The van der Waals surface area contributed by atoms with Crippen LogP contribution < -0.4 is 4.74 Å². The Bertz CT molecular complexity index is 679. The summed E-state index contributed by atoms with van der Waals surface area (Å²) in [5.74, 6) is 1.17. The molecule has 3 rings (SSSR count). The van der Waals surface area contributed by atoms with Crippen LogP contribution in [0.4, 0.5) is 0 Å². The van der Waals surface area contributed by atoms with Gasteiger partial charge in [0.15, 0.2) is 11.4 Å². The van der Waals surface area contributed by atoms with E-state index >= 15 is 0 Å². The van der Waals surface area contributed by atoms with Crippen molar-refractivity contribution in [1.29, 1.82) is 0 Å². The summed E-state index contributed by atoms with van der Waals surface area (Å²) in [4.78, 5) is 4.45. The number of aromatic nitrogens is 2. The average molecular weight is 273 g/mol. The standard InChI is InChI=1S/C15H13ClN2O/c16-9-13-10-18-8-4-7-14(15(18)17-13)19-11-12-5-2-1-3-6-12/h1-8,10H,9,11H2. The fourth-order valence-electron chi connectivity index (χ4n) is 1.95. The fraction of sp³-hybridized carbons (Fsp3) is 0.133. The molecule has 0 saturated carbocycles. The van der Waals surface area contributed by atoms with Crippen molar-refractivity contribution >= 4 is 17.2 Å². The van der Waals surface area contributed by atoms with Crippen LogP contribution in [0.3, 0.4) is 0 Å². The molecule has 2 heterocycles. The largest absolute Gasteiger partial charge is 0.485 e. The van der Waals surface area contributed by atoms with E-state index in [-0.39, 0.29) is 0 Å². The van der Waals surface area contributed by atoms with Crippen LogP contribution in [-0.4, -0.2) is 9.38 Å². The molecule has 3 aromatic rings. The van der Waals surface area contributed by atoms with Gasteiger partial charge >= 0.3 is 0 Å². The minimum Gasteiger partial charge on any atom is -0.485 e. The maximum absolute atomic E-state index is 5.84. The van der Waals surface area contributed by atoms with Gasteiger partial charge in [0.2, 0.25) is 0 Å². The molecule has 0 saturated heterocycles. The highest BCUT2D eigenvalue weighted by Crippen LogP contribution is 2.20. The molecule has 0 spiro atoms. The quantitative estimate of drug-likeness (QED) is 0.678. The molecule has 4 heteroatoms. The topological polar surface area (TPSA) is 26.5 Å². The first-order valence-electron chi connectivity index (χ1n) is 6.06. The molecule has 0 atom stereocenters. The monoisotopic (exact) mass is 272 g/mol. The number of imidazole rings is 1. The number of alkyl halides is 1. The van der Waals surface area contributed by atoms with Gasteiger partial charge in [0.25, 0.3) is 0 Å². The predicted molar refractivity (Wildman–Crippen MR) is 75.5 cm³/mol. The highest BCUT2D eigenvalue weighted by Gasteiger charge is 2.06. The summed E-state index contributed by atoms with van der Waals surface area (Å²) < 4.78 is 7.77. The van der Waals surface area contributed by atoms with Crippen LogP contribution in [0.25, 0.3) is 5.65 Å². The molecule has 0 fully saturated rings. The Balaban J connectivity index is 1.86. The van der Waals surface area contributed by atoms with Crippen molar-refractivity contribution < 1.29 is 4.74 Å². The van der Waals surface area contributed by atoms with Gasteiger partial charge < -0.3 is 9.14 Å². The summed E-state index contributed by atoms with van der Waals surface area (Å²) >= 11 is 5.81. The number of hydrogen-bond donors (Lipinski definition) is 0. The zero-order valence-electron chi connectivity index (χ0n) is 10.3. The van der Waals surface area contributed by atoms with Crippen LogP contribution in [0.2, 0.25) is 0 Å². The molecule has 0 unspecified atom stereocenters. The molecule has 0 aliphatic heterocycles. The fourth-order valence-corrected chi connectivity index (χ4v) is 2.08. The van der Waals surface area contributed by atoms with Crippen molar-refractivity contribution in [3.8, 4) is 5.75 Å². The first kappa shape index (κ1) is 12.1. The third kappa shape index (κ3) is 2.56. The first-order valence-corrected chi connectivity index (χ1v) is 6.59. The third-order valence-corrected chi connectivity index (χ3v) is 3.14. The summed E-state index contributed by atoms with van der Waals surface area (Å²) in [6.45, 7) is 0.531. The van der Waals surface area contributed by atoms with Gasteiger partial charge in [-0.05, 0) is 17.7 Å². The van der Waals surface area contributed by atoms with Crippen LogP contribution in [0.5, 0.6) is 5.75 Å². The van der Waals surface area contributed by atoms with Crippen LogP contribution in [0.1, 0.15) is 11.3 Å². The third-order valence-electron chi connectivity index (χ3n) is 2.87. The van der Waals surface area contributed by atoms with E-state index < -0.39 is 0 Å². The molecule has 0 aliphatic rings. The molecule has 19 heavy (non-hydrogen) atoms. The van der Waals surface area contributed by atoms with Crippen LogP contribution >= 0.6 is 11.6 Å². The van der Waals surface area contributed by atoms with Crippen molar-refractivity contribution in [1.82, 2.24) is 9.38 Å². The SMILES string of the molecule is ClCc1cn2cccc(OCc3ccccc3)c2n1. The number of halogens is 1. The van der Waals surface area contributed by atoms with Crippen molar-refractivity contribution in [3.05, 3.63) is 66.1 Å². The summed E-state index contributed by atoms with van der Waals surface area (Å²) in [6, 6.07) is 13.9. The van der Waals surface area contributed by atoms with Gasteiger partial charge in [-0.25, -0.2) is 4.98 Å². The van der Waals surface area contributed by atoms with E-state index in [0.29, 0.717) is 12.5 Å². The lowest BCUT2D eigenvalue weighted by molar-refractivity contribution is 0.308. The smallest absolute Gasteiger partial charge is 0.179 e. The van der Waals surface area contributed by atoms with E-state index in [1.807, 2.05) is 59.3 Å². The first-order chi connectivity index (χ1) is 9.36. The lowest BCUT2D eigenvalue weighted by Gasteiger charge is -2.07. The normalized spacial score (nSPS) is 10.8. The highest BCUT2D eigenvalue weighted by molar-refractivity contribution is 6.16. The minimum absolute atomic E-state index is 0.403. The second-order valence-electron chi connectivity index (χ2n) is 4.24. The molecular formula is C15H13ClN2O. The zero-order valence-corrected chi connectivity index (χ0v) is 11.0. The van der Waals surface area contributed by atoms with Gasteiger partial charge in [-0.15, -0.1) is 11.6 Å². The van der Waals surface area contributed by atoms with Gasteiger partial charge in [0, 0.05) is 12.4 Å². The van der Waals surface area contributed by atoms with Gasteiger partial charge in [0.1, 0.15) is 6.61 Å². The van der Waals surface area contributed by atoms with Crippen LogP contribution in [0.15, 0.2) is 54.9 Å². The van der Waals surface area contributed by atoms with E-state index in [1.165, 1.54) is 0 Å². The molecule has 1 aromatic carbocycles. The molecule has 0 N–H and O–H groups in total. The Morgan fingerprint density at radius 2 is 1.95 bits per heavy atom. The molecule has 0 amide bonds. The van der Waals surface area contributed by atoms with Gasteiger partial charge in [-0.1, -0.05) is 30.3 Å². The van der Waals surface area contributed by atoms with Gasteiger partial charge in [-0.3, -0.25) is 0 Å². The molecule has 0 aliphatic carbocycles. The molecule has 2 aromatic heterocycles. The van der Waals surface area contributed by atoms with Crippen molar-refractivity contribution in [2.75, 3.05) is 0 Å². The Morgan fingerprint density at radius 1 is 1.11 bits per heavy atom. The molecule has 0 bridgehead atoms. The number of hydrogen-bond acceptors (Lipinski definition) is 2. The molecular weight excluding hydrogens is 260 g/mol. The van der Waals surface area contributed by atoms with E-state index in [1.54, 1.807) is 0 Å². The maximum Gasteiger partial charge on any atom is 0.179 e. The van der Waals surface area contributed by atoms with E-state index in [2.05, 4.69) is 4.98 Å². The Morgan fingerprint density at radius 3 is 2.74 bits per heavy atom. The Labute approximate surface area is 116 Å². The minimum atomic E-state index is 0.403. The number of ether oxygens (including phenoxy) is 1. The lowest BCUT2D eigenvalue weighted by Crippen LogP contribution is -1.97. The average Bonchev–Trinajstić information content (AvgIpc) is 2.90. The summed E-state index contributed by atoms with van der Waals surface area (Å²) in [5.41, 5.74) is 2.78. The molecule has 0 radical (unpaired) electrons. The van der Waals surface area contributed by atoms with Crippen molar-refractivity contribution in [3.63, 3.8) is 0 Å². The van der Waals surface area contributed by atoms with Gasteiger partial charge in [-0.2, -0.15) is 0 Å². The Kier molecular flexibility index (Phi) is 3.38. The van der Waals surface area contributed by atoms with Crippen molar-refractivity contribution in [2.24, 2.45) is 0 Å². The maximum atomic E-state index is 5.84. The number of fused-ring (bicyclic) bond motifs is 1. The molecule has 96 valence electrons. The van der Waals surface area contributed by atoms with Crippen molar-refractivity contribution in [2.45, 2.75) is 12.5 Å². The Hall–Kier alpha value is -2.00. The second-order valence-corrected chi connectivity index (χ2v) is 4.51. The summed E-state index contributed by atoms with van der Waals surface area (Å²) in [7, 11) is 0. The summed E-state index contributed by atoms with van der Waals surface area (Å²) in [6.07, 6.45) is 3.85. The summed E-state index contributed by atoms with van der Waals surface area (Å²) in [5, 5.41) is 0. The number of nitrogens with zero attached hydrogens (tertiary/aromatic N) is 2. The number of rotatable bonds is 4. The highest BCUT2D eigenvalue weighted by atomic mass is 35.5. The number of pyridine rings is 1. The van der Waals surface area contributed by atoms with E-state index in [4.69, 9.17) is 16.3 Å². The predicted octanol–water partition coefficient (Wildman–Crippen LogP) is 3.65. The number of benzene rings is 1.